The number of amides is 1. The Labute approximate surface area is 128 Å². The fraction of sp³-hybridized carbons (Fsp3) is 0.235. The van der Waals surface area contributed by atoms with E-state index in [9.17, 15) is 4.79 Å². The second-order valence-electron chi connectivity index (χ2n) is 5.66. The zero-order valence-corrected chi connectivity index (χ0v) is 12.1. The normalized spacial score (nSPS) is 14.2. The Kier molecular flexibility index (Phi) is 3.11. The first kappa shape index (κ1) is 13.0. The number of fused-ring (bicyclic) bond motifs is 1. The smallest absolute Gasteiger partial charge is 0.254 e. The Balaban J connectivity index is 1.62. The minimum atomic E-state index is 0.0721. The first-order chi connectivity index (χ1) is 10.8. The van der Waals surface area contributed by atoms with Gasteiger partial charge in [-0.25, -0.2) is 4.98 Å². The molecule has 2 aromatic heterocycles. The summed E-state index contributed by atoms with van der Waals surface area (Å²) >= 11 is 0. The van der Waals surface area contributed by atoms with E-state index in [1.165, 1.54) is 0 Å². The molecule has 5 nitrogen and oxygen atoms in total. The van der Waals surface area contributed by atoms with Gasteiger partial charge in [0.15, 0.2) is 0 Å². The number of aromatic amines is 1. The molecule has 1 saturated carbocycles. The quantitative estimate of drug-likeness (QED) is 0.804. The molecule has 0 aliphatic heterocycles. The average Bonchev–Trinajstić information content (AvgIpc) is 3.29. The number of carbonyl (C=O) groups is 1. The highest BCUT2D eigenvalue weighted by Crippen LogP contribution is 2.30. The summed E-state index contributed by atoms with van der Waals surface area (Å²) in [6, 6.07) is 9.88. The highest BCUT2D eigenvalue weighted by atomic mass is 16.2. The molecule has 22 heavy (non-hydrogen) atoms. The van der Waals surface area contributed by atoms with Crippen molar-refractivity contribution >= 4 is 16.9 Å². The van der Waals surface area contributed by atoms with Crippen LogP contribution in [0.1, 0.15) is 28.8 Å². The van der Waals surface area contributed by atoms with E-state index in [4.69, 9.17) is 0 Å². The summed E-state index contributed by atoms with van der Waals surface area (Å²) in [7, 11) is 0. The summed E-state index contributed by atoms with van der Waals surface area (Å²) < 4.78 is 0. The van der Waals surface area contributed by atoms with Crippen LogP contribution in [0, 0.1) is 0 Å². The lowest BCUT2D eigenvalue weighted by Crippen LogP contribution is -2.32. The summed E-state index contributed by atoms with van der Waals surface area (Å²) in [6.07, 6.45) is 7.38. The molecule has 1 amide bonds. The first-order valence-electron chi connectivity index (χ1n) is 7.44. The Morgan fingerprint density at radius 3 is 3.00 bits per heavy atom. The van der Waals surface area contributed by atoms with E-state index in [0.29, 0.717) is 18.2 Å². The van der Waals surface area contributed by atoms with Crippen molar-refractivity contribution in [2.75, 3.05) is 0 Å². The summed E-state index contributed by atoms with van der Waals surface area (Å²) in [5, 5.41) is 0. The Bertz CT molecular complexity index is 808. The SMILES string of the molecule is O=C(c1ccc2nc[nH]c2c1)N(Cc1cccnc1)C1CC1. The van der Waals surface area contributed by atoms with Gasteiger partial charge in [-0.1, -0.05) is 6.07 Å². The van der Waals surface area contributed by atoms with E-state index in [1.807, 2.05) is 41.4 Å². The molecule has 0 atom stereocenters. The van der Waals surface area contributed by atoms with Gasteiger partial charge in [0.2, 0.25) is 0 Å². The average molecular weight is 292 g/mol. The van der Waals surface area contributed by atoms with Gasteiger partial charge in [-0.05, 0) is 42.7 Å². The topological polar surface area (TPSA) is 61.9 Å². The molecule has 1 N–H and O–H groups in total. The number of hydrogen-bond acceptors (Lipinski definition) is 3. The molecular weight excluding hydrogens is 276 g/mol. The van der Waals surface area contributed by atoms with Gasteiger partial charge in [-0.15, -0.1) is 0 Å². The predicted octanol–water partition coefficient (Wildman–Crippen LogP) is 2.76. The van der Waals surface area contributed by atoms with Crippen LogP contribution in [0.4, 0.5) is 0 Å². The summed E-state index contributed by atoms with van der Waals surface area (Å²) in [6.45, 7) is 0.609. The second-order valence-corrected chi connectivity index (χ2v) is 5.66. The third-order valence-electron chi connectivity index (χ3n) is 3.99. The van der Waals surface area contributed by atoms with Crippen LogP contribution in [0.15, 0.2) is 49.1 Å². The molecule has 1 aliphatic rings. The lowest BCUT2D eigenvalue weighted by Gasteiger charge is -2.22. The second kappa shape index (κ2) is 5.26. The van der Waals surface area contributed by atoms with Gasteiger partial charge < -0.3 is 9.88 Å². The third-order valence-corrected chi connectivity index (χ3v) is 3.99. The van der Waals surface area contributed by atoms with Crippen LogP contribution in [0.5, 0.6) is 0 Å². The molecule has 0 bridgehead atoms. The maximum atomic E-state index is 12.9. The van der Waals surface area contributed by atoms with E-state index in [-0.39, 0.29) is 5.91 Å². The van der Waals surface area contributed by atoms with Crippen LogP contribution in [0.25, 0.3) is 11.0 Å². The van der Waals surface area contributed by atoms with Crippen molar-refractivity contribution in [2.45, 2.75) is 25.4 Å². The molecule has 110 valence electrons. The van der Waals surface area contributed by atoms with Gasteiger partial charge >= 0.3 is 0 Å². The molecule has 4 rings (SSSR count). The monoisotopic (exact) mass is 292 g/mol. The molecule has 0 radical (unpaired) electrons. The van der Waals surface area contributed by atoms with Crippen molar-refractivity contribution in [3.8, 4) is 0 Å². The first-order valence-corrected chi connectivity index (χ1v) is 7.44. The van der Waals surface area contributed by atoms with Crippen LogP contribution in [0.3, 0.4) is 0 Å². The predicted molar refractivity (Wildman–Crippen MR) is 83.2 cm³/mol. The summed E-state index contributed by atoms with van der Waals surface area (Å²) in [5.74, 6) is 0.0721. The van der Waals surface area contributed by atoms with Gasteiger partial charge in [0.1, 0.15) is 0 Å². The number of benzene rings is 1. The zero-order valence-electron chi connectivity index (χ0n) is 12.1. The van der Waals surface area contributed by atoms with Crippen molar-refractivity contribution in [3.05, 3.63) is 60.2 Å². The Hall–Kier alpha value is -2.69. The molecule has 1 aliphatic carbocycles. The fourth-order valence-electron chi connectivity index (χ4n) is 2.68. The van der Waals surface area contributed by atoms with E-state index >= 15 is 0 Å². The molecule has 0 spiro atoms. The van der Waals surface area contributed by atoms with Gasteiger partial charge in [0.05, 0.1) is 17.4 Å². The van der Waals surface area contributed by atoms with Crippen LogP contribution in [0.2, 0.25) is 0 Å². The van der Waals surface area contributed by atoms with Crippen LogP contribution >= 0.6 is 0 Å². The lowest BCUT2D eigenvalue weighted by atomic mass is 10.1. The number of aromatic nitrogens is 3. The van der Waals surface area contributed by atoms with E-state index in [1.54, 1.807) is 12.5 Å². The molecule has 0 unspecified atom stereocenters. The molecule has 5 heteroatoms. The minimum absolute atomic E-state index is 0.0721. The molecule has 1 fully saturated rings. The van der Waals surface area contributed by atoms with Crippen LogP contribution in [-0.2, 0) is 6.54 Å². The van der Waals surface area contributed by atoms with Crippen LogP contribution in [-0.4, -0.2) is 31.8 Å². The van der Waals surface area contributed by atoms with Crippen molar-refractivity contribution in [2.24, 2.45) is 0 Å². The largest absolute Gasteiger partial charge is 0.345 e. The zero-order chi connectivity index (χ0) is 14.9. The Morgan fingerprint density at radius 2 is 2.23 bits per heavy atom. The maximum Gasteiger partial charge on any atom is 0.254 e. The summed E-state index contributed by atoms with van der Waals surface area (Å²) in [5.41, 5.74) is 3.53. The number of nitrogens with one attached hydrogen (secondary N) is 1. The highest BCUT2D eigenvalue weighted by Gasteiger charge is 2.33. The summed E-state index contributed by atoms with van der Waals surface area (Å²) in [4.78, 5) is 26.2. The van der Waals surface area contributed by atoms with Gasteiger partial charge in [-0.2, -0.15) is 0 Å². The number of nitrogens with zero attached hydrogens (tertiary/aromatic N) is 3. The van der Waals surface area contributed by atoms with Crippen molar-refractivity contribution < 1.29 is 4.79 Å². The van der Waals surface area contributed by atoms with Gasteiger partial charge in [-0.3, -0.25) is 9.78 Å². The third kappa shape index (κ3) is 2.45. The van der Waals surface area contributed by atoms with E-state index in [0.717, 1.165) is 29.4 Å². The molecule has 0 saturated heterocycles. The number of H-pyrrole nitrogens is 1. The fourth-order valence-corrected chi connectivity index (χ4v) is 2.68. The maximum absolute atomic E-state index is 12.9. The van der Waals surface area contributed by atoms with Crippen molar-refractivity contribution in [3.63, 3.8) is 0 Å². The number of pyridine rings is 1. The van der Waals surface area contributed by atoms with E-state index < -0.39 is 0 Å². The number of hydrogen-bond donors (Lipinski definition) is 1. The van der Waals surface area contributed by atoms with Gasteiger partial charge in [0, 0.05) is 30.5 Å². The number of imidazole rings is 1. The molecule has 1 aromatic carbocycles. The van der Waals surface area contributed by atoms with E-state index in [2.05, 4.69) is 15.0 Å². The van der Waals surface area contributed by atoms with Crippen LogP contribution < -0.4 is 0 Å². The molecule has 2 heterocycles. The number of rotatable bonds is 4. The lowest BCUT2D eigenvalue weighted by molar-refractivity contribution is 0.0730. The Morgan fingerprint density at radius 1 is 1.32 bits per heavy atom. The van der Waals surface area contributed by atoms with Crippen molar-refractivity contribution in [1.29, 1.82) is 0 Å². The molecule has 3 aromatic rings. The number of carbonyl (C=O) groups excluding carboxylic acids is 1. The molecular formula is C17H16N4O. The highest BCUT2D eigenvalue weighted by molar-refractivity contribution is 5.97. The van der Waals surface area contributed by atoms with Gasteiger partial charge in [0.25, 0.3) is 5.91 Å². The minimum Gasteiger partial charge on any atom is -0.345 e. The van der Waals surface area contributed by atoms with Crippen molar-refractivity contribution in [1.82, 2.24) is 19.9 Å². The standard InChI is InChI=1S/C17H16N4O/c22-17(13-3-6-15-16(8-13)20-11-19-15)21(14-4-5-14)10-12-2-1-7-18-9-12/h1-3,6-9,11,14H,4-5,10H2,(H,19,20).